The Balaban J connectivity index is 2.07. The fraction of sp³-hybridized carbons (Fsp3) is 0.286. The van der Waals surface area contributed by atoms with Gasteiger partial charge in [0.1, 0.15) is 11.6 Å². The molecule has 9 heteroatoms. The molecule has 0 spiro atoms. The first-order chi connectivity index (χ1) is 11.1. The second-order valence-corrected chi connectivity index (χ2v) is 6.75. The van der Waals surface area contributed by atoms with Gasteiger partial charge in [-0.05, 0) is 30.6 Å². The molecule has 0 aliphatic heterocycles. The number of carbonyl (C=O) groups excluding carboxylic acids is 2. The largest absolute Gasteiger partial charge is 0.340 e. The Morgan fingerprint density at radius 1 is 1.39 bits per heavy atom. The van der Waals surface area contributed by atoms with Crippen molar-refractivity contribution in [1.29, 1.82) is 0 Å². The number of hydrogen-bond acceptors (Lipinski definition) is 6. The fourth-order valence-corrected chi connectivity index (χ4v) is 2.95. The number of halogens is 1. The SMILES string of the molecule is CSCCC(NC(=O)c1ccccc1Cl)C(=O)Nc1nncs1. The number of nitrogens with zero attached hydrogens (tertiary/aromatic N) is 2. The number of carbonyl (C=O) groups is 2. The van der Waals surface area contributed by atoms with Gasteiger partial charge in [0.25, 0.3) is 5.91 Å². The fourth-order valence-electron chi connectivity index (χ4n) is 1.81. The van der Waals surface area contributed by atoms with Crippen LogP contribution >= 0.6 is 34.7 Å². The first kappa shape index (κ1) is 17.7. The number of thioether (sulfide) groups is 1. The summed E-state index contributed by atoms with van der Waals surface area (Å²) in [6, 6.07) is 6.04. The molecular weight excluding hydrogens is 356 g/mol. The molecule has 6 nitrogen and oxygen atoms in total. The second kappa shape index (κ2) is 8.85. The Morgan fingerprint density at radius 3 is 2.83 bits per heavy atom. The number of anilines is 1. The van der Waals surface area contributed by atoms with Gasteiger partial charge in [-0.15, -0.1) is 10.2 Å². The van der Waals surface area contributed by atoms with E-state index in [0.717, 1.165) is 5.75 Å². The topological polar surface area (TPSA) is 84.0 Å². The molecule has 2 aromatic rings. The maximum atomic E-state index is 12.3. The average Bonchev–Trinajstić information content (AvgIpc) is 3.04. The average molecular weight is 371 g/mol. The highest BCUT2D eigenvalue weighted by atomic mass is 35.5. The van der Waals surface area contributed by atoms with E-state index in [9.17, 15) is 9.59 Å². The monoisotopic (exact) mass is 370 g/mol. The summed E-state index contributed by atoms with van der Waals surface area (Å²) in [4.78, 5) is 24.7. The van der Waals surface area contributed by atoms with Crippen molar-refractivity contribution >= 4 is 51.6 Å². The van der Waals surface area contributed by atoms with Gasteiger partial charge in [-0.2, -0.15) is 11.8 Å². The standard InChI is InChI=1S/C14H15ClN4O2S2/c1-22-7-6-11(13(21)18-14-19-16-8-23-14)17-12(20)9-4-2-3-5-10(9)15/h2-5,8,11H,6-7H2,1H3,(H,17,20)(H,18,19,21). The minimum atomic E-state index is -0.671. The van der Waals surface area contributed by atoms with Crippen molar-refractivity contribution in [2.45, 2.75) is 12.5 Å². The zero-order valence-electron chi connectivity index (χ0n) is 12.3. The maximum Gasteiger partial charge on any atom is 0.253 e. The lowest BCUT2D eigenvalue weighted by Crippen LogP contribution is -2.44. The Labute approximate surface area is 147 Å². The van der Waals surface area contributed by atoms with Crippen LogP contribution in [0.2, 0.25) is 5.02 Å². The number of nitrogens with one attached hydrogen (secondary N) is 2. The van der Waals surface area contributed by atoms with Gasteiger partial charge in [-0.3, -0.25) is 14.9 Å². The molecule has 1 heterocycles. The van der Waals surface area contributed by atoms with Crippen LogP contribution in [0, 0.1) is 0 Å². The van der Waals surface area contributed by atoms with E-state index >= 15 is 0 Å². The molecule has 0 radical (unpaired) electrons. The highest BCUT2D eigenvalue weighted by Gasteiger charge is 2.22. The number of aromatic nitrogens is 2. The van der Waals surface area contributed by atoms with Crippen LogP contribution in [-0.4, -0.2) is 40.1 Å². The molecule has 0 aliphatic carbocycles. The highest BCUT2D eigenvalue weighted by molar-refractivity contribution is 7.98. The minimum absolute atomic E-state index is 0.323. The summed E-state index contributed by atoms with van der Waals surface area (Å²) in [5.74, 6) is 0.0297. The summed E-state index contributed by atoms with van der Waals surface area (Å²) in [5, 5.41) is 13.6. The van der Waals surface area contributed by atoms with Gasteiger partial charge in [0.2, 0.25) is 11.0 Å². The molecule has 1 unspecified atom stereocenters. The summed E-state index contributed by atoms with van der Waals surface area (Å²) in [7, 11) is 0. The third-order valence-corrected chi connectivity index (χ3v) is 4.52. The maximum absolute atomic E-state index is 12.3. The van der Waals surface area contributed by atoms with E-state index < -0.39 is 6.04 Å². The van der Waals surface area contributed by atoms with E-state index in [2.05, 4.69) is 20.8 Å². The molecule has 0 bridgehead atoms. The summed E-state index contributed by atoms with van der Waals surface area (Å²) >= 11 is 8.84. The molecule has 0 saturated heterocycles. The number of amides is 2. The lowest BCUT2D eigenvalue weighted by molar-refractivity contribution is -0.118. The molecule has 0 fully saturated rings. The van der Waals surface area contributed by atoms with Crippen molar-refractivity contribution in [3.8, 4) is 0 Å². The van der Waals surface area contributed by atoms with Crippen LogP contribution in [0.4, 0.5) is 5.13 Å². The summed E-state index contributed by atoms with van der Waals surface area (Å²) in [5.41, 5.74) is 1.86. The molecule has 2 N–H and O–H groups in total. The molecular formula is C14H15ClN4O2S2. The smallest absolute Gasteiger partial charge is 0.253 e. The molecule has 2 amide bonds. The zero-order chi connectivity index (χ0) is 16.7. The summed E-state index contributed by atoms with van der Waals surface area (Å²) in [6.45, 7) is 0. The number of benzene rings is 1. The Bertz CT molecular complexity index is 667. The van der Waals surface area contributed by atoms with Crippen molar-refractivity contribution in [1.82, 2.24) is 15.5 Å². The third kappa shape index (κ3) is 5.19. The second-order valence-electron chi connectivity index (χ2n) is 4.52. The van der Waals surface area contributed by atoms with E-state index in [1.807, 2.05) is 6.26 Å². The molecule has 0 aliphatic rings. The third-order valence-electron chi connectivity index (χ3n) is 2.94. The van der Waals surface area contributed by atoms with E-state index in [0.29, 0.717) is 22.1 Å². The van der Waals surface area contributed by atoms with Crippen molar-refractivity contribution in [3.63, 3.8) is 0 Å². The molecule has 1 aromatic heterocycles. The minimum Gasteiger partial charge on any atom is -0.340 e. The van der Waals surface area contributed by atoms with Crippen LogP contribution in [0.5, 0.6) is 0 Å². The van der Waals surface area contributed by atoms with E-state index in [1.54, 1.807) is 36.0 Å². The van der Waals surface area contributed by atoms with Crippen LogP contribution in [0.3, 0.4) is 0 Å². The molecule has 122 valence electrons. The lowest BCUT2D eigenvalue weighted by Gasteiger charge is -2.17. The molecule has 0 saturated carbocycles. The molecule has 23 heavy (non-hydrogen) atoms. The highest BCUT2D eigenvalue weighted by Crippen LogP contribution is 2.16. The Morgan fingerprint density at radius 2 is 2.17 bits per heavy atom. The number of hydrogen-bond donors (Lipinski definition) is 2. The quantitative estimate of drug-likeness (QED) is 0.782. The zero-order valence-corrected chi connectivity index (χ0v) is 14.7. The van der Waals surface area contributed by atoms with Gasteiger partial charge < -0.3 is 5.32 Å². The lowest BCUT2D eigenvalue weighted by atomic mass is 10.1. The van der Waals surface area contributed by atoms with Crippen molar-refractivity contribution in [2.24, 2.45) is 0 Å². The van der Waals surface area contributed by atoms with Crippen LogP contribution in [0.25, 0.3) is 0 Å². The van der Waals surface area contributed by atoms with Gasteiger partial charge in [-0.1, -0.05) is 35.1 Å². The van der Waals surface area contributed by atoms with Gasteiger partial charge in [0, 0.05) is 0 Å². The number of rotatable bonds is 7. The van der Waals surface area contributed by atoms with E-state index in [1.165, 1.54) is 16.8 Å². The van der Waals surface area contributed by atoms with Gasteiger partial charge in [0.15, 0.2) is 0 Å². The first-order valence-corrected chi connectivity index (χ1v) is 9.38. The Hall–Kier alpha value is -1.64. The predicted molar refractivity (Wildman–Crippen MR) is 94.2 cm³/mol. The molecule has 1 aromatic carbocycles. The van der Waals surface area contributed by atoms with Crippen LogP contribution in [0.15, 0.2) is 29.8 Å². The van der Waals surface area contributed by atoms with Crippen LogP contribution in [-0.2, 0) is 4.79 Å². The van der Waals surface area contributed by atoms with Crippen LogP contribution < -0.4 is 10.6 Å². The van der Waals surface area contributed by atoms with Crippen molar-refractivity contribution in [2.75, 3.05) is 17.3 Å². The van der Waals surface area contributed by atoms with Crippen molar-refractivity contribution < 1.29 is 9.59 Å². The summed E-state index contributed by atoms with van der Waals surface area (Å²) in [6.07, 6.45) is 2.44. The molecule has 2 rings (SSSR count). The summed E-state index contributed by atoms with van der Waals surface area (Å²) < 4.78 is 0. The normalized spacial score (nSPS) is 11.7. The van der Waals surface area contributed by atoms with Gasteiger partial charge in [0.05, 0.1) is 10.6 Å². The van der Waals surface area contributed by atoms with Crippen LogP contribution in [0.1, 0.15) is 16.8 Å². The predicted octanol–water partition coefficient (Wildman–Crippen LogP) is 2.68. The van der Waals surface area contributed by atoms with Crippen molar-refractivity contribution in [3.05, 3.63) is 40.4 Å². The Kier molecular flexibility index (Phi) is 6.82. The van der Waals surface area contributed by atoms with E-state index in [4.69, 9.17) is 11.6 Å². The molecule has 1 atom stereocenters. The van der Waals surface area contributed by atoms with Gasteiger partial charge in [-0.25, -0.2) is 0 Å². The van der Waals surface area contributed by atoms with E-state index in [-0.39, 0.29) is 11.8 Å². The van der Waals surface area contributed by atoms with Gasteiger partial charge >= 0.3 is 0 Å². The first-order valence-electron chi connectivity index (χ1n) is 6.73.